The van der Waals surface area contributed by atoms with Crippen molar-refractivity contribution in [3.63, 3.8) is 0 Å². The van der Waals surface area contributed by atoms with Gasteiger partial charge in [0.1, 0.15) is 0 Å². The highest BCUT2D eigenvalue weighted by Gasteiger charge is 2.29. The van der Waals surface area contributed by atoms with Crippen molar-refractivity contribution in [2.24, 2.45) is 5.92 Å². The molecule has 4 nitrogen and oxygen atoms in total. The van der Waals surface area contributed by atoms with Crippen LogP contribution in [-0.4, -0.2) is 16.4 Å². The molecule has 4 rings (SSSR count). The molecule has 0 atom stereocenters. The molecule has 0 unspecified atom stereocenters. The maximum Gasteiger partial charge on any atom is 0.265 e. The van der Waals surface area contributed by atoms with Crippen LogP contribution >= 0.6 is 23.2 Å². The number of hydrogen-bond donors (Lipinski definition) is 1. The lowest BCUT2D eigenvalue weighted by atomic mass is 10.2. The average Bonchev–Trinajstić information content (AvgIpc) is 3.35. The van der Waals surface area contributed by atoms with Gasteiger partial charge in [-0.3, -0.25) is 14.2 Å². The third-order valence-electron chi connectivity index (χ3n) is 4.30. The Bertz CT molecular complexity index is 986. The van der Waals surface area contributed by atoms with Crippen molar-refractivity contribution in [3.05, 3.63) is 64.3 Å². The molecule has 126 valence electrons. The Labute approximate surface area is 154 Å². The first-order valence-electron chi connectivity index (χ1n) is 7.95. The molecule has 1 fully saturated rings. The first-order chi connectivity index (χ1) is 12.0. The smallest absolute Gasteiger partial charge is 0.265 e. The Kier molecular flexibility index (Phi) is 4.02. The fourth-order valence-corrected chi connectivity index (χ4v) is 3.37. The van der Waals surface area contributed by atoms with Crippen LogP contribution in [0.25, 0.3) is 10.9 Å². The second kappa shape index (κ2) is 6.21. The van der Waals surface area contributed by atoms with Crippen LogP contribution in [0.15, 0.2) is 48.7 Å². The summed E-state index contributed by atoms with van der Waals surface area (Å²) in [4.78, 5) is 24.7. The minimum atomic E-state index is -0.291. The molecule has 0 saturated heterocycles. The van der Waals surface area contributed by atoms with Crippen LogP contribution in [0.5, 0.6) is 0 Å². The molecule has 1 N–H and O–H groups in total. The number of hydrogen-bond acceptors (Lipinski definition) is 2. The molecule has 25 heavy (non-hydrogen) atoms. The number of carbonyl (C=O) groups is 2. The zero-order chi connectivity index (χ0) is 17.6. The molecule has 1 heterocycles. The maximum absolute atomic E-state index is 12.8. The average molecular weight is 373 g/mol. The zero-order valence-electron chi connectivity index (χ0n) is 13.1. The zero-order valence-corrected chi connectivity index (χ0v) is 14.6. The number of carbonyl (C=O) groups excluding carboxylic acids is 2. The van der Waals surface area contributed by atoms with Crippen LogP contribution in [0.4, 0.5) is 5.69 Å². The summed E-state index contributed by atoms with van der Waals surface area (Å²) in [6.45, 7) is 0. The van der Waals surface area contributed by atoms with E-state index in [2.05, 4.69) is 5.32 Å². The molecule has 1 aliphatic rings. The van der Waals surface area contributed by atoms with Crippen molar-refractivity contribution in [2.45, 2.75) is 12.8 Å². The predicted molar refractivity (Wildman–Crippen MR) is 99.5 cm³/mol. The van der Waals surface area contributed by atoms with Gasteiger partial charge in [0.15, 0.2) is 0 Å². The molecule has 3 aromatic rings. The Hall–Kier alpha value is -2.30. The van der Waals surface area contributed by atoms with Gasteiger partial charge in [-0.05, 0) is 49.2 Å². The van der Waals surface area contributed by atoms with E-state index in [-0.39, 0.29) is 23.3 Å². The van der Waals surface area contributed by atoms with Crippen molar-refractivity contribution in [1.82, 2.24) is 4.57 Å². The summed E-state index contributed by atoms with van der Waals surface area (Å²) in [7, 11) is 0. The largest absolute Gasteiger partial charge is 0.326 e. The SMILES string of the molecule is O=C(Nc1ccc2c(ccn2C(=O)c2c(Cl)cccc2Cl)c1)C1CC1. The monoisotopic (exact) mass is 372 g/mol. The van der Waals surface area contributed by atoms with Crippen molar-refractivity contribution in [2.75, 3.05) is 5.32 Å². The van der Waals surface area contributed by atoms with Crippen molar-refractivity contribution < 1.29 is 9.59 Å². The summed E-state index contributed by atoms with van der Waals surface area (Å²) in [6, 6.07) is 12.2. The topological polar surface area (TPSA) is 51.1 Å². The summed E-state index contributed by atoms with van der Waals surface area (Å²) in [5.41, 5.74) is 1.73. The summed E-state index contributed by atoms with van der Waals surface area (Å²) < 4.78 is 1.51. The van der Waals surface area contributed by atoms with Crippen LogP contribution in [-0.2, 0) is 4.79 Å². The van der Waals surface area contributed by atoms with E-state index in [1.165, 1.54) is 4.57 Å². The molecule has 0 radical (unpaired) electrons. The number of aromatic nitrogens is 1. The van der Waals surface area contributed by atoms with Gasteiger partial charge in [0.2, 0.25) is 5.91 Å². The van der Waals surface area contributed by atoms with E-state index in [9.17, 15) is 9.59 Å². The van der Waals surface area contributed by atoms with Crippen molar-refractivity contribution >= 4 is 51.6 Å². The fourth-order valence-electron chi connectivity index (χ4n) is 2.81. The quantitative estimate of drug-likeness (QED) is 0.704. The number of rotatable bonds is 3. The van der Waals surface area contributed by atoms with Gasteiger partial charge in [-0.15, -0.1) is 0 Å². The highest BCUT2D eigenvalue weighted by molar-refractivity contribution is 6.40. The first-order valence-corrected chi connectivity index (χ1v) is 8.71. The molecule has 1 aliphatic carbocycles. The van der Waals surface area contributed by atoms with Crippen LogP contribution in [0, 0.1) is 5.92 Å². The second-order valence-electron chi connectivity index (χ2n) is 6.12. The Balaban J connectivity index is 1.69. The Morgan fingerprint density at radius 3 is 2.44 bits per heavy atom. The Morgan fingerprint density at radius 1 is 1.04 bits per heavy atom. The number of benzene rings is 2. The number of halogens is 2. The standard InChI is InChI=1S/C19H14Cl2N2O2/c20-14-2-1-3-15(21)17(14)19(25)23-9-8-12-10-13(6-7-16(12)23)22-18(24)11-4-5-11/h1-3,6-11H,4-5H2,(H,22,24). The molecule has 1 saturated carbocycles. The van der Waals surface area contributed by atoms with Gasteiger partial charge in [-0.2, -0.15) is 0 Å². The van der Waals surface area contributed by atoms with E-state index in [4.69, 9.17) is 23.2 Å². The van der Waals surface area contributed by atoms with Crippen LogP contribution in [0.3, 0.4) is 0 Å². The van der Waals surface area contributed by atoms with Crippen LogP contribution in [0.1, 0.15) is 23.2 Å². The van der Waals surface area contributed by atoms with Gasteiger partial charge in [-0.1, -0.05) is 29.3 Å². The predicted octanol–water partition coefficient (Wildman–Crippen LogP) is 4.99. The number of amides is 1. The van der Waals surface area contributed by atoms with E-state index < -0.39 is 0 Å². The van der Waals surface area contributed by atoms with E-state index in [1.807, 2.05) is 12.1 Å². The van der Waals surface area contributed by atoms with Gasteiger partial charge in [0.05, 0.1) is 21.1 Å². The molecule has 1 amide bonds. The van der Waals surface area contributed by atoms with Gasteiger partial charge in [-0.25, -0.2) is 0 Å². The highest BCUT2D eigenvalue weighted by Crippen LogP contribution is 2.31. The molecular formula is C19H14Cl2N2O2. The third kappa shape index (κ3) is 3.03. The van der Waals surface area contributed by atoms with E-state index in [1.54, 1.807) is 36.5 Å². The van der Waals surface area contributed by atoms with Crippen LogP contribution < -0.4 is 5.32 Å². The summed E-state index contributed by atoms with van der Waals surface area (Å²) >= 11 is 12.3. The lowest BCUT2D eigenvalue weighted by molar-refractivity contribution is -0.117. The molecule has 0 bridgehead atoms. The lowest BCUT2D eigenvalue weighted by Crippen LogP contribution is -2.13. The minimum absolute atomic E-state index is 0.0534. The molecular weight excluding hydrogens is 359 g/mol. The highest BCUT2D eigenvalue weighted by atomic mass is 35.5. The number of nitrogens with zero attached hydrogens (tertiary/aromatic N) is 1. The number of nitrogens with one attached hydrogen (secondary N) is 1. The summed E-state index contributed by atoms with van der Waals surface area (Å²) in [5.74, 6) is -0.0951. The van der Waals surface area contributed by atoms with Gasteiger partial charge in [0.25, 0.3) is 5.91 Å². The van der Waals surface area contributed by atoms with Crippen LogP contribution in [0.2, 0.25) is 10.0 Å². The second-order valence-corrected chi connectivity index (χ2v) is 6.94. The number of fused-ring (bicyclic) bond motifs is 1. The number of anilines is 1. The van der Waals surface area contributed by atoms with E-state index >= 15 is 0 Å². The van der Waals surface area contributed by atoms with Crippen molar-refractivity contribution in [3.8, 4) is 0 Å². The molecule has 0 aliphatic heterocycles. The third-order valence-corrected chi connectivity index (χ3v) is 4.93. The summed E-state index contributed by atoms with van der Waals surface area (Å²) in [6.07, 6.45) is 3.59. The molecule has 0 spiro atoms. The van der Waals surface area contributed by atoms with E-state index in [0.717, 1.165) is 29.4 Å². The first kappa shape index (κ1) is 16.2. The van der Waals surface area contributed by atoms with Gasteiger partial charge in [0, 0.05) is 23.2 Å². The normalized spacial score (nSPS) is 13.8. The van der Waals surface area contributed by atoms with Gasteiger partial charge < -0.3 is 5.32 Å². The summed E-state index contributed by atoms with van der Waals surface area (Å²) in [5, 5.41) is 4.39. The van der Waals surface area contributed by atoms with Gasteiger partial charge >= 0.3 is 0 Å². The molecule has 6 heteroatoms. The molecule has 1 aromatic heterocycles. The fraction of sp³-hybridized carbons (Fsp3) is 0.158. The Morgan fingerprint density at radius 2 is 1.76 bits per heavy atom. The maximum atomic E-state index is 12.8. The van der Waals surface area contributed by atoms with E-state index in [0.29, 0.717) is 10.0 Å². The van der Waals surface area contributed by atoms with Crippen molar-refractivity contribution in [1.29, 1.82) is 0 Å². The molecule has 2 aromatic carbocycles. The lowest BCUT2D eigenvalue weighted by Gasteiger charge is -2.09. The minimum Gasteiger partial charge on any atom is -0.326 e.